The molecular formula is C21H26O3. The quantitative estimate of drug-likeness (QED) is 0.849. The minimum absolute atomic E-state index is 0.207. The van der Waals surface area contributed by atoms with Crippen molar-refractivity contribution in [1.29, 1.82) is 0 Å². The molecule has 24 heavy (non-hydrogen) atoms. The SMILES string of the molecule is COc1c(C(C)C)cc2c(c1O)C=C1C=CC(O)C(C)(C)C1=CC2. The zero-order chi connectivity index (χ0) is 17.6. The van der Waals surface area contributed by atoms with Crippen LogP contribution in [0.5, 0.6) is 11.5 Å². The Labute approximate surface area is 144 Å². The monoisotopic (exact) mass is 326 g/mol. The molecule has 0 heterocycles. The number of allylic oxidation sites excluding steroid dienone is 3. The predicted octanol–water partition coefficient (Wildman–Crippen LogP) is 4.35. The highest BCUT2D eigenvalue weighted by Crippen LogP contribution is 2.46. The first-order valence-corrected chi connectivity index (χ1v) is 8.49. The molecule has 3 nitrogen and oxygen atoms in total. The van der Waals surface area contributed by atoms with Gasteiger partial charge in [-0.25, -0.2) is 0 Å². The molecule has 2 N–H and O–H groups in total. The molecule has 1 aromatic rings. The lowest BCUT2D eigenvalue weighted by Gasteiger charge is -2.35. The molecule has 0 aromatic heterocycles. The van der Waals surface area contributed by atoms with Crippen molar-refractivity contribution < 1.29 is 14.9 Å². The van der Waals surface area contributed by atoms with Crippen LogP contribution in [0.1, 0.15) is 50.3 Å². The van der Waals surface area contributed by atoms with Gasteiger partial charge < -0.3 is 14.9 Å². The molecule has 2 aliphatic carbocycles. The summed E-state index contributed by atoms with van der Waals surface area (Å²) in [5, 5.41) is 21.1. The van der Waals surface area contributed by atoms with Gasteiger partial charge in [-0.15, -0.1) is 0 Å². The summed E-state index contributed by atoms with van der Waals surface area (Å²) >= 11 is 0. The number of methoxy groups -OCH3 is 1. The Kier molecular flexibility index (Phi) is 4.08. The zero-order valence-corrected chi connectivity index (χ0v) is 15.1. The van der Waals surface area contributed by atoms with Crippen LogP contribution in [0.4, 0.5) is 0 Å². The average molecular weight is 326 g/mol. The van der Waals surface area contributed by atoms with Crippen LogP contribution in [0, 0.1) is 5.41 Å². The lowest BCUT2D eigenvalue weighted by Crippen LogP contribution is -2.32. The Balaban J connectivity index is 2.23. The van der Waals surface area contributed by atoms with E-state index in [9.17, 15) is 10.2 Å². The molecule has 0 aliphatic heterocycles. The van der Waals surface area contributed by atoms with Gasteiger partial charge in [-0.05, 0) is 35.1 Å². The molecule has 0 fully saturated rings. The van der Waals surface area contributed by atoms with Crippen LogP contribution in [0.15, 0.2) is 35.4 Å². The molecule has 0 amide bonds. The number of benzene rings is 1. The fourth-order valence-electron chi connectivity index (χ4n) is 3.65. The van der Waals surface area contributed by atoms with Crippen molar-refractivity contribution in [3.8, 4) is 11.5 Å². The van der Waals surface area contributed by atoms with E-state index in [1.54, 1.807) is 7.11 Å². The first-order valence-electron chi connectivity index (χ1n) is 8.49. The number of hydrogen-bond acceptors (Lipinski definition) is 3. The third kappa shape index (κ3) is 2.48. The Bertz CT molecular complexity index is 764. The molecule has 1 atom stereocenters. The van der Waals surface area contributed by atoms with Crippen LogP contribution < -0.4 is 4.74 Å². The molecule has 3 rings (SSSR count). The summed E-state index contributed by atoms with van der Waals surface area (Å²) in [6, 6.07) is 2.14. The Morgan fingerprint density at radius 3 is 2.62 bits per heavy atom. The maximum Gasteiger partial charge on any atom is 0.165 e. The number of hydrogen-bond donors (Lipinski definition) is 2. The van der Waals surface area contributed by atoms with E-state index < -0.39 is 6.10 Å². The van der Waals surface area contributed by atoms with Gasteiger partial charge in [0.25, 0.3) is 0 Å². The molecule has 2 aliphatic rings. The third-order valence-corrected chi connectivity index (χ3v) is 5.26. The summed E-state index contributed by atoms with van der Waals surface area (Å²) < 4.78 is 5.48. The molecule has 1 aromatic carbocycles. The maximum atomic E-state index is 10.8. The lowest BCUT2D eigenvalue weighted by atomic mass is 9.72. The minimum atomic E-state index is -0.503. The van der Waals surface area contributed by atoms with E-state index in [0.29, 0.717) is 5.75 Å². The number of fused-ring (bicyclic) bond motifs is 2. The Morgan fingerprint density at radius 1 is 1.29 bits per heavy atom. The summed E-state index contributed by atoms with van der Waals surface area (Å²) in [6.07, 6.45) is 8.19. The fraction of sp³-hybridized carbons (Fsp3) is 0.429. The number of aliphatic hydroxyl groups is 1. The highest BCUT2D eigenvalue weighted by Gasteiger charge is 2.35. The van der Waals surface area contributed by atoms with Crippen molar-refractivity contribution in [3.63, 3.8) is 0 Å². The second kappa shape index (κ2) is 5.82. The van der Waals surface area contributed by atoms with Crippen LogP contribution >= 0.6 is 0 Å². The second-order valence-corrected chi connectivity index (χ2v) is 7.52. The van der Waals surface area contributed by atoms with Gasteiger partial charge in [-0.2, -0.15) is 0 Å². The molecule has 0 bridgehead atoms. The standard InChI is InChI=1S/C21H26O3/c1-12(2)15-10-13-6-8-17-14(7-9-18(22)21(17,3)4)11-16(13)19(23)20(15)24-5/h7-12,18,22-23H,6H2,1-5H3. The highest BCUT2D eigenvalue weighted by molar-refractivity contribution is 5.75. The smallest absolute Gasteiger partial charge is 0.165 e. The van der Waals surface area contributed by atoms with E-state index in [-0.39, 0.29) is 17.1 Å². The van der Waals surface area contributed by atoms with E-state index in [1.165, 1.54) is 0 Å². The van der Waals surface area contributed by atoms with Gasteiger partial charge in [0, 0.05) is 16.5 Å². The van der Waals surface area contributed by atoms with E-state index >= 15 is 0 Å². The number of phenols is 1. The van der Waals surface area contributed by atoms with Gasteiger partial charge in [0.2, 0.25) is 0 Å². The molecule has 0 saturated carbocycles. The Morgan fingerprint density at radius 2 is 2.00 bits per heavy atom. The number of aliphatic hydroxyl groups excluding tert-OH is 1. The fourth-order valence-corrected chi connectivity index (χ4v) is 3.65. The molecule has 1 unspecified atom stereocenters. The van der Waals surface area contributed by atoms with Gasteiger partial charge >= 0.3 is 0 Å². The first kappa shape index (κ1) is 16.8. The van der Waals surface area contributed by atoms with Crippen molar-refractivity contribution in [2.75, 3.05) is 7.11 Å². The normalized spacial score (nSPS) is 21.5. The molecule has 0 saturated heterocycles. The van der Waals surface area contributed by atoms with Gasteiger partial charge in [-0.1, -0.05) is 52.0 Å². The first-order chi connectivity index (χ1) is 11.3. The maximum absolute atomic E-state index is 10.8. The van der Waals surface area contributed by atoms with Gasteiger partial charge in [-0.3, -0.25) is 0 Å². The van der Waals surface area contributed by atoms with Crippen LogP contribution in [-0.2, 0) is 6.42 Å². The molecule has 128 valence electrons. The summed E-state index contributed by atoms with van der Waals surface area (Å²) in [7, 11) is 1.60. The highest BCUT2D eigenvalue weighted by atomic mass is 16.5. The van der Waals surface area contributed by atoms with Crippen LogP contribution in [0.25, 0.3) is 6.08 Å². The summed E-state index contributed by atoms with van der Waals surface area (Å²) in [5.74, 6) is 1.03. The van der Waals surface area contributed by atoms with Crippen molar-refractivity contribution in [2.45, 2.75) is 46.1 Å². The van der Waals surface area contributed by atoms with Crippen molar-refractivity contribution in [3.05, 3.63) is 52.1 Å². The number of phenolic OH excluding ortho intramolecular Hbond substituents is 1. The van der Waals surface area contributed by atoms with E-state index in [1.807, 2.05) is 18.2 Å². The minimum Gasteiger partial charge on any atom is -0.504 e. The van der Waals surface area contributed by atoms with Gasteiger partial charge in [0.1, 0.15) is 0 Å². The average Bonchev–Trinajstić information content (AvgIpc) is 2.71. The summed E-state index contributed by atoms with van der Waals surface area (Å²) in [5.41, 5.74) is 4.74. The molecule has 0 spiro atoms. The van der Waals surface area contributed by atoms with Gasteiger partial charge in [0.05, 0.1) is 13.2 Å². The van der Waals surface area contributed by atoms with Crippen LogP contribution in [0.3, 0.4) is 0 Å². The topological polar surface area (TPSA) is 49.7 Å². The molecule has 3 heteroatoms. The number of rotatable bonds is 2. The van der Waals surface area contributed by atoms with E-state index in [0.717, 1.165) is 34.3 Å². The van der Waals surface area contributed by atoms with E-state index in [4.69, 9.17) is 4.74 Å². The van der Waals surface area contributed by atoms with Crippen molar-refractivity contribution in [1.82, 2.24) is 0 Å². The van der Waals surface area contributed by atoms with Crippen LogP contribution in [-0.4, -0.2) is 23.4 Å². The predicted molar refractivity (Wildman–Crippen MR) is 97.4 cm³/mol. The van der Waals surface area contributed by atoms with Crippen molar-refractivity contribution in [2.24, 2.45) is 5.41 Å². The van der Waals surface area contributed by atoms with Crippen molar-refractivity contribution >= 4 is 6.08 Å². The molecular weight excluding hydrogens is 300 g/mol. The van der Waals surface area contributed by atoms with Gasteiger partial charge in [0.15, 0.2) is 11.5 Å². The summed E-state index contributed by atoms with van der Waals surface area (Å²) in [4.78, 5) is 0. The van der Waals surface area contributed by atoms with E-state index in [2.05, 4.69) is 39.8 Å². The Hall–Kier alpha value is -2.00. The number of ether oxygens (including phenoxy) is 1. The molecule has 0 radical (unpaired) electrons. The lowest BCUT2D eigenvalue weighted by molar-refractivity contribution is 0.116. The van der Waals surface area contributed by atoms with Crippen LogP contribution in [0.2, 0.25) is 0 Å². The third-order valence-electron chi connectivity index (χ3n) is 5.26. The zero-order valence-electron chi connectivity index (χ0n) is 15.1. The second-order valence-electron chi connectivity index (χ2n) is 7.52. The largest absolute Gasteiger partial charge is 0.504 e. The summed E-state index contributed by atoms with van der Waals surface area (Å²) in [6.45, 7) is 8.30. The number of aromatic hydroxyl groups is 1.